The lowest BCUT2D eigenvalue weighted by Crippen LogP contribution is -2.43. The molecule has 0 bridgehead atoms. The smallest absolute Gasteiger partial charge is 0.224 e. The zero-order chi connectivity index (χ0) is 23.8. The van der Waals surface area contributed by atoms with E-state index in [0.29, 0.717) is 56.5 Å². The predicted molar refractivity (Wildman–Crippen MR) is 126 cm³/mol. The SMILES string of the molecule is C=CCOc1c(OC)ccc2c1CN(C(C)C)C(=O)CCN2CC(O)COCc1ccco1. The molecule has 0 spiro atoms. The number of fused-ring (bicyclic) bond motifs is 1. The number of ether oxygens (including phenoxy) is 3. The number of furan rings is 1. The Kier molecular flexibility index (Phi) is 8.79. The van der Waals surface area contributed by atoms with Gasteiger partial charge in [-0.1, -0.05) is 12.7 Å². The Morgan fingerprint density at radius 2 is 2.12 bits per heavy atom. The molecule has 0 saturated carbocycles. The number of aliphatic hydroxyl groups excluding tert-OH is 1. The maximum Gasteiger partial charge on any atom is 0.224 e. The molecule has 8 heteroatoms. The Morgan fingerprint density at radius 3 is 2.79 bits per heavy atom. The van der Waals surface area contributed by atoms with Crippen LogP contribution >= 0.6 is 0 Å². The molecule has 1 N–H and O–H groups in total. The number of aliphatic hydroxyl groups is 1. The lowest BCUT2D eigenvalue weighted by atomic mass is 10.0. The summed E-state index contributed by atoms with van der Waals surface area (Å²) in [6.45, 7) is 9.66. The van der Waals surface area contributed by atoms with E-state index >= 15 is 0 Å². The van der Waals surface area contributed by atoms with Gasteiger partial charge in [0.15, 0.2) is 11.5 Å². The number of carbonyl (C=O) groups is 1. The van der Waals surface area contributed by atoms with E-state index in [4.69, 9.17) is 18.6 Å². The van der Waals surface area contributed by atoms with Gasteiger partial charge >= 0.3 is 0 Å². The molecule has 1 atom stereocenters. The average Bonchev–Trinajstić information content (AvgIpc) is 3.30. The molecule has 1 amide bonds. The minimum atomic E-state index is -0.747. The molecule has 1 unspecified atom stereocenters. The van der Waals surface area contributed by atoms with E-state index < -0.39 is 6.10 Å². The van der Waals surface area contributed by atoms with Gasteiger partial charge in [-0.15, -0.1) is 0 Å². The van der Waals surface area contributed by atoms with Crippen LogP contribution in [0.3, 0.4) is 0 Å². The summed E-state index contributed by atoms with van der Waals surface area (Å²) in [6, 6.07) is 7.47. The Morgan fingerprint density at radius 1 is 1.30 bits per heavy atom. The number of methoxy groups -OCH3 is 1. The van der Waals surface area contributed by atoms with Crippen LogP contribution in [0.1, 0.15) is 31.6 Å². The molecule has 1 aliphatic rings. The first-order valence-corrected chi connectivity index (χ1v) is 11.2. The van der Waals surface area contributed by atoms with Crippen molar-refractivity contribution in [2.75, 3.05) is 38.3 Å². The van der Waals surface area contributed by atoms with Crippen molar-refractivity contribution in [3.05, 3.63) is 54.5 Å². The lowest BCUT2D eigenvalue weighted by molar-refractivity contribution is -0.133. The lowest BCUT2D eigenvalue weighted by Gasteiger charge is -2.36. The highest BCUT2D eigenvalue weighted by Gasteiger charge is 2.29. The van der Waals surface area contributed by atoms with Crippen molar-refractivity contribution < 1.29 is 28.5 Å². The average molecular weight is 459 g/mol. The fraction of sp³-hybridized carbons (Fsp3) is 0.480. The molecule has 8 nitrogen and oxygen atoms in total. The van der Waals surface area contributed by atoms with Crippen LogP contribution in [0.15, 0.2) is 47.6 Å². The third kappa shape index (κ3) is 6.30. The summed E-state index contributed by atoms with van der Waals surface area (Å²) >= 11 is 0. The molecule has 0 aliphatic carbocycles. The summed E-state index contributed by atoms with van der Waals surface area (Å²) in [5, 5.41) is 10.7. The Balaban J connectivity index is 1.86. The maximum absolute atomic E-state index is 12.9. The summed E-state index contributed by atoms with van der Waals surface area (Å²) in [6.07, 6.45) is 2.87. The normalized spacial score (nSPS) is 15.1. The van der Waals surface area contributed by atoms with Crippen LogP contribution in [-0.2, 0) is 22.7 Å². The van der Waals surface area contributed by atoms with Crippen LogP contribution in [0.4, 0.5) is 5.69 Å². The third-order valence-electron chi connectivity index (χ3n) is 5.54. The molecule has 2 aromatic rings. The Hall–Kier alpha value is -2.97. The molecule has 0 fully saturated rings. The van der Waals surface area contributed by atoms with E-state index in [9.17, 15) is 9.90 Å². The largest absolute Gasteiger partial charge is 0.493 e. The highest BCUT2D eigenvalue weighted by Crippen LogP contribution is 2.40. The van der Waals surface area contributed by atoms with E-state index in [1.807, 2.05) is 41.8 Å². The summed E-state index contributed by atoms with van der Waals surface area (Å²) in [5.41, 5.74) is 1.75. The van der Waals surface area contributed by atoms with Gasteiger partial charge in [0.05, 0.1) is 32.6 Å². The summed E-state index contributed by atoms with van der Waals surface area (Å²) < 4.78 is 22.4. The number of carbonyl (C=O) groups excluding carboxylic acids is 1. The van der Waals surface area contributed by atoms with E-state index in [-0.39, 0.29) is 18.6 Å². The molecule has 1 aromatic carbocycles. The van der Waals surface area contributed by atoms with Gasteiger partial charge in [0, 0.05) is 36.8 Å². The molecule has 2 heterocycles. The predicted octanol–water partition coefficient (Wildman–Crippen LogP) is 3.38. The first-order chi connectivity index (χ1) is 15.9. The number of hydrogen-bond acceptors (Lipinski definition) is 7. The third-order valence-corrected chi connectivity index (χ3v) is 5.54. The fourth-order valence-corrected chi connectivity index (χ4v) is 3.92. The van der Waals surface area contributed by atoms with Crippen molar-refractivity contribution >= 4 is 11.6 Å². The minimum absolute atomic E-state index is 0.0379. The second-order valence-corrected chi connectivity index (χ2v) is 8.25. The first kappa shape index (κ1) is 24.7. The number of nitrogens with zero attached hydrogens (tertiary/aromatic N) is 2. The van der Waals surface area contributed by atoms with Gasteiger partial charge in [0.1, 0.15) is 19.0 Å². The minimum Gasteiger partial charge on any atom is -0.493 e. The standard InChI is InChI=1S/C25H34N2O6/c1-5-12-33-25-21-15-27(18(2)3)24(29)10-11-26(22(21)8-9-23(25)30-4)14-19(28)16-31-17-20-7-6-13-32-20/h5-9,13,18-19,28H,1,10-12,14-17H2,2-4H3. The van der Waals surface area contributed by atoms with Crippen molar-refractivity contribution in [2.45, 2.75) is 45.6 Å². The van der Waals surface area contributed by atoms with Crippen LogP contribution < -0.4 is 14.4 Å². The number of amides is 1. The molecular weight excluding hydrogens is 424 g/mol. The molecule has 33 heavy (non-hydrogen) atoms. The van der Waals surface area contributed by atoms with Gasteiger partial charge in [0.2, 0.25) is 5.91 Å². The Bertz CT molecular complexity index is 912. The van der Waals surface area contributed by atoms with E-state index in [0.717, 1.165) is 11.3 Å². The van der Waals surface area contributed by atoms with Crippen LogP contribution in [0, 0.1) is 0 Å². The van der Waals surface area contributed by atoms with Gasteiger partial charge in [0.25, 0.3) is 0 Å². The van der Waals surface area contributed by atoms with Gasteiger partial charge in [-0.2, -0.15) is 0 Å². The van der Waals surface area contributed by atoms with Crippen molar-refractivity contribution in [1.29, 1.82) is 0 Å². The summed E-state index contributed by atoms with van der Waals surface area (Å²) in [5.74, 6) is 1.94. The highest BCUT2D eigenvalue weighted by molar-refractivity contribution is 5.79. The summed E-state index contributed by atoms with van der Waals surface area (Å²) in [4.78, 5) is 16.8. The molecule has 3 rings (SSSR count). The summed E-state index contributed by atoms with van der Waals surface area (Å²) in [7, 11) is 1.59. The van der Waals surface area contributed by atoms with E-state index in [2.05, 4.69) is 6.58 Å². The monoisotopic (exact) mass is 458 g/mol. The zero-order valence-corrected chi connectivity index (χ0v) is 19.7. The van der Waals surface area contributed by atoms with Crippen LogP contribution in [0.5, 0.6) is 11.5 Å². The number of rotatable bonds is 11. The molecule has 0 radical (unpaired) electrons. The molecule has 1 aliphatic heterocycles. The van der Waals surface area contributed by atoms with Crippen molar-refractivity contribution in [2.24, 2.45) is 0 Å². The van der Waals surface area contributed by atoms with Crippen molar-refractivity contribution in [1.82, 2.24) is 4.90 Å². The van der Waals surface area contributed by atoms with Gasteiger partial charge < -0.3 is 33.5 Å². The van der Waals surface area contributed by atoms with Crippen LogP contribution in [-0.4, -0.2) is 61.5 Å². The fourth-order valence-electron chi connectivity index (χ4n) is 3.92. The molecule has 180 valence electrons. The second kappa shape index (κ2) is 11.8. The first-order valence-electron chi connectivity index (χ1n) is 11.2. The second-order valence-electron chi connectivity index (χ2n) is 8.25. The van der Waals surface area contributed by atoms with E-state index in [1.165, 1.54) is 0 Å². The highest BCUT2D eigenvalue weighted by atomic mass is 16.5. The quantitative estimate of drug-likeness (QED) is 0.517. The zero-order valence-electron chi connectivity index (χ0n) is 19.7. The van der Waals surface area contributed by atoms with E-state index in [1.54, 1.807) is 25.5 Å². The number of benzene rings is 1. The van der Waals surface area contributed by atoms with Gasteiger partial charge in [-0.3, -0.25) is 4.79 Å². The van der Waals surface area contributed by atoms with Crippen LogP contribution in [0.2, 0.25) is 0 Å². The maximum atomic E-state index is 12.9. The molecular formula is C25H34N2O6. The van der Waals surface area contributed by atoms with Crippen molar-refractivity contribution in [3.8, 4) is 11.5 Å². The topological polar surface area (TPSA) is 84.6 Å². The van der Waals surface area contributed by atoms with Crippen LogP contribution in [0.25, 0.3) is 0 Å². The number of β-amino-alcohol motifs (C(OH)–C–C–N with tert-alkyl or cyclic N) is 1. The van der Waals surface area contributed by atoms with Gasteiger partial charge in [-0.25, -0.2) is 0 Å². The Labute approximate surface area is 195 Å². The number of anilines is 1. The van der Waals surface area contributed by atoms with Gasteiger partial charge in [-0.05, 0) is 38.1 Å². The molecule has 0 saturated heterocycles. The molecule has 1 aromatic heterocycles. The number of hydrogen-bond donors (Lipinski definition) is 1. The van der Waals surface area contributed by atoms with Crippen molar-refractivity contribution in [3.63, 3.8) is 0 Å².